The molecular weight excluding hydrogens is 513 g/mol. The fourth-order valence-electron chi connectivity index (χ4n) is 2.67. The lowest BCUT2D eigenvalue weighted by Crippen LogP contribution is -2.44. The lowest BCUT2D eigenvalue weighted by Gasteiger charge is -2.32. The molecule has 0 heterocycles. The molecule has 0 aliphatic heterocycles. The van der Waals surface area contributed by atoms with Gasteiger partial charge in [0.1, 0.15) is 0 Å². The van der Waals surface area contributed by atoms with E-state index < -0.39 is 32.8 Å². The van der Waals surface area contributed by atoms with Gasteiger partial charge in [0.2, 0.25) is 0 Å². The molecule has 0 saturated heterocycles. The van der Waals surface area contributed by atoms with E-state index in [0.29, 0.717) is 0 Å². The zero-order valence-corrected chi connectivity index (χ0v) is 24.5. The molecule has 1 rings (SSSR count). The molecule has 0 fully saturated rings. The molecule has 0 bridgehead atoms. The minimum absolute atomic E-state index is 0. The second-order valence-corrected chi connectivity index (χ2v) is 29.8. The molecule has 0 saturated carbocycles. The van der Waals surface area contributed by atoms with Crippen LogP contribution in [0.5, 0.6) is 0 Å². The Morgan fingerprint density at radius 2 is 0.595 bits per heavy atom. The Kier molecular flexibility index (Phi) is 55.7. The first kappa shape index (κ1) is 71.0. The van der Waals surface area contributed by atoms with Crippen LogP contribution in [0.1, 0.15) is 102 Å². The standard InChI is InChI=1S/C14H26Si2.C8H22OSi2.10CH4/c1-7-15(3,4)13-9-11-14(12-10-13)16(5,6)8-2;1-7-10(3,4)9-11(5,6)8-2;;;;;;;;;;/h9-12H,7-8H2,1-6H3;7-8H2,1-6H3;10*1H4. The number of hydrogen-bond acceptors (Lipinski definition) is 1. The average Bonchev–Trinajstić information content (AvgIpc) is 2.61. The van der Waals surface area contributed by atoms with Gasteiger partial charge < -0.3 is 4.12 Å². The number of benzene rings is 1. The molecule has 0 spiro atoms. The van der Waals surface area contributed by atoms with Crippen molar-refractivity contribution in [3.05, 3.63) is 24.3 Å². The smallest absolute Gasteiger partial charge is 0.173 e. The van der Waals surface area contributed by atoms with Gasteiger partial charge in [0.15, 0.2) is 16.6 Å². The second-order valence-electron chi connectivity index (χ2n) is 10.4. The zero-order chi connectivity index (χ0) is 21.5. The van der Waals surface area contributed by atoms with Crippen molar-refractivity contribution in [2.45, 2.75) is 179 Å². The SMILES string of the molecule is C.C.C.C.C.C.C.C.C.C.CC[Si](C)(C)O[Si](C)(C)CC.CC[Si](C)(C)c1ccc([Si](C)(C)CC)cc1. The molecular formula is C32H88OSi4. The van der Waals surface area contributed by atoms with Crippen LogP contribution in [0.3, 0.4) is 0 Å². The first-order valence-corrected chi connectivity index (χ1v) is 23.6. The van der Waals surface area contributed by atoms with E-state index in [1.165, 1.54) is 24.2 Å². The highest BCUT2D eigenvalue weighted by atomic mass is 28.4. The minimum atomic E-state index is -1.27. The van der Waals surface area contributed by atoms with Crippen molar-refractivity contribution in [2.24, 2.45) is 0 Å². The molecule has 5 heteroatoms. The summed E-state index contributed by atoms with van der Waals surface area (Å²) in [6.07, 6.45) is 0. The summed E-state index contributed by atoms with van der Waals surface area (Å²) in [6.45, 7) is 28.3. The van der Waals surface area contributed by atoms with Crippen molar-refractivity contribution in [1.29, 1.82) is 0 Å². The van der Waals surface area contributed by atoms with Gasteiger partial charge in [0.25, 0.3) is 0 Å². The summed E-state index contributed by atoms with van der Waals surface area (Å²) < 4.78 is 6.20. The van der Waals surface area contributed by atoms with Gasteiger partial charge in [-0.2, -0.15) is 0 Å². The molecule has 0 aliphatic carbocycles. The van der Waals surface area contributed by atoms with Crippen molar-refractivity contribution in [1.82, 2.24) is 0 Å². The maximum atomic E-state index is 6.20. The predicted octanol–water partition coefficient (Wildman–Crippen LogP) is 13.4. The normalized spacial score (nSPS) is 9.62. The van der Waals surface area contributed by atoms with Crippen LogP contribution in [-0.4, -0.2) is 32.8 Å². The van der Waals surface area contributed by atoms with Crippen molar-refractivity contribution >= 4 is 43.2 Å². The lowest BCUT2D eigenvalue weighted by molar-refractivity contribution is 0.542. The first-order valence-electron chi connectivity index (χ1n) is 11.0. The fraction of sp³-hybridized carbons (Fsp3) is 0.812. The zero-order valence-electron chi connectivity index (χ0n) is 20.5. The third kappa shape index (κ3) is 26.1. The van der Waals surface area contributed by atoms with Gasteiger partial charge >= 0.3 is 0 Å². The Labute approximate surface area is 249 Å². The van der Waals surface area contributed by atoms with E-state index in [2.05, 4.69) is 104 Å². The Hall–Kier alpha value is 0.0475. The van der Waals surface area contributed by atoms with Crippen LogP contribution in [0, 0.1) is 0 Å². The highest BCUT2D eigenvalue weighted by Gasteiger charge is 2.29. The second kappa shape index (κ2) is 29.0. The van der Waals surface area contributed by atoms with Crippen LogP contribution in [-0.2, 0) is 4.12 Å². The summed E-state index contributed by atoms with van der Waals surface area (Å²) in [7, 11) is -4.80. The quantitative estimate of drug-likeness (QED) is 0.270. The van der Waals surface area contributed by atoms with Crippen LogP contribution in [0.4, 0.5) is 0 Å². The van der Waals surface area contributed by atoms with E-state index >= 15 is 0 Å². The van der Waals surface area contributed by atoms with Crippen LogP contribution in [0.15, 0.2) is 24.3 Å². The predicted molar refractivity (Wildman–Crippen MR) is 206 cm³/mol. The van der Waals surface area contributed by atoms with Crippen molar-refractivity contribution in [2.75, 3.05) is 0 Å². The van der Waals surface area contributed by atoms with Crippen LogP contribution in [0.25, 0.3) is 0 Å². The molecule has 0 N–H and O–H groups in total. The van der Waals surface area contributed by atoms with Gasteiger partial charge in [0, 0.05) is 0 Å². The maximum absolute atomic E-state index is 6.20. The van der Waals surface area contributed by atoms with Crippen molar-refractivity contribution < 1.29 is 4.12 Å². The Morgan fingerprint density at radius 3 is 0.730 bits per heavy atom. The number of rotatable bonds is 8. The molecule has 0 radical (unpaired) electrons. The molecule has 0 amide bonds. The summed E-state index contributed by atoms with van der Waals surface area (Å²) in [5.41, 5.74) is 0. The summed E-state index contributed by atoms with van der Waals surface area (Å²) >= 11 is 0. The third-order valence-electron chi connectivity index (χ3n) is 6.47. The van der Waals surface area contributed by atoms with Crippen LogP contribution >= 0.6 is 0 Å². The highest BCUT2D eigenvalue weighted by Crippen LogP contribution is 2.20. The highest BCUT2D eigenvalue weighted by molar-refractivity contribution is 6.91. The lowest BCUT2D eigenvalue weighted by atomic mass is 10.4. The summed E-state index contributed by atoms with van der Waals surface area (Å²) in [5.74, 6) is 0. The monoisotopic (exact) mass is 601 g/mol. The van der Waals surface area contributed by atoms with Crippen LogP contribution < -0.4 is 10.4 Å². The van der Waals surface area contributed by atoms with E-state index in [-0.39, 0.29) is 74.3 Å². The molecule has 0 aromatic heterocycles. The topological polar surface area (TPSA) is 9.23 Å². The third-order valence-corrected chi connectivity index (χ3v) is 21.6. The van der Waals surface area contributed by atoms with Crippen molar-refractivity contribution in [3.63, 3.8) is 0 Å². The fourth-order valence-corrected chi connectivity index (χ4v) is 12.8. The molecule has 0 atom stereocenters. The maximum Gasteiger partial charge on any atom is 0.173 e. The minimum Gasteiger partial charge on any atom is -0.456 e. The first-order chi connectivity index (χ1) is 12.2. The largest absolute Gasteiger partial charge is 0.456 e. The van der Waals surface area contributed by atoms with E-state index in [1.54, 1.807) is 10.4 Å². The van der Waals surface area contributed by atoms with Gasteiger partial charge in [-0.3, -0.25) is 0 Å². The average molecular weight is 601 g/mol. The Balaban J connectivity index is -0.0000000331. The van der Waals surface area contributed by atoms with E-state index in [9.17, 15) is 0 Å². The molecule has 0 aliphatic rings. The molecule has 0 unspecified atom stereocenters. The van der Waals surface area contributed by atoms with Gasteiger partial charge in [-0.25, -0.2) is 0 Å². The molecule has 37 heavy (non-hydrogen) atoms. The summed E-state index contributed by atoms with van der Waals surface area (Å²) in [6, 6.07) is 14.7. The van der Waals surface area contributed by atoms with Gasteiger partial charge in [-0.1, -0.05) is 175 Å². The van der Waals surface area contributed by atoms with Crippen molar-refractivity contribution in [3.8, 4) is 0 Å². The van der Waals surface area contributed by atoms with Gasteiger partial charge in [-0.15, -0.1) is 0 Å². The summed E-state index contributed by atoms with van der Waals surface area (Å²) in [4.78, 5) is 0. The molecule has 1 nitrogen and oxygen atoms in total. The van der Waals surface area contributed by atoms with E-state index in [0.717, 1.165) is 0 Å². The molecule has 1 aromatic carbocycles. The van der Waals surface area contributed by atoms with E-state index in [1.807, 2.05) is 0 Å². The molecule has 1 aromatic rings. The number of hydrogen-bond donors (Lipinski definition) is 0. The Bertz CT molecular complexity index is 501. The van der Waals surface area contributed by atoms with E-state index in [4.69, 9.17) is 4.12 Å². The van der Waals surface area contributed by atoms with Crippen LogP contribution in [0.2, 0.25) is 76.6 Å². The Morgan fingerprint density at radius 1 is 0.405 bits per heavy atom. The summed E-state index contributed by atoms with van der Waals surface area (Å²) in [5, 5.41) is 3.22. The van der Waals surface area contributed by atoms with Gasteiger partial charge in [-0.05, 0) is 38.3 Å². The van der Waals surface area contributed by atoms with Gasteiger partial charge in [0.05, 0.1) is 16.1 Å². The molecule has 238 valence electrons.